The lowest BCUT2D eigenvalue weighted by molar-refractivity contribution is -0.107. The highest BCUT2D eigenvalue weighted by atomic mass is 16.1. The molecular weight excluding hydrogens is 268 g/mol. The molecule has 0 spiro atoms. The first-order chi connectivity index (χ1) is 10.4. The average molecular weight is 296 g/mol. The van der Waals surface area contributed by atoms with Crippen molar-refractivity contribution in [3.05, 3.63) is 52.1 Å². The van der Waals surface area contributed by atoms with Crippen LogP contribution in [0.2, 0.25) is 0 Å². The van der Waals surface area contributed by atoms with Crippen LogP contribution in [0.5, 0.6) is 0 Å². The van der Waals surface area contributed by atoms with Gasteiger partial charge in [-0.1, -0.05) is 49.8 Å². The van der Waals surface area contributed by atoms with Crippen LogP contribution in [0.15, 0.2) is 35.4 Å². The number of aryl methyl sites for hydroxylation is 2. The number of carbonyl (C=O) groups excluding carboxylic acids is 1. The normalized spacial score (nSPS) is 18.0. The number of allylic oxidation sites excluding steroid dienone is 3. The van der Waals surface area contributed by atoms with Crippen molar-refractivity contribution in [2.45, 2.75) is 59.8 Å². The molecule has 0 radical (unpaired) electrons. The Morgan fingerprint density at radius 3 is 2.64 bits per heavy atom. The molecule has 0 saturated heterocycles. The molecular formula is C21H28O. The Bertz CT molecular complexity index is 602. The minimum atomic E-state index is 0.282. The molecule has 118 valence electrons. The first kappa shape index (κ1) is 16.7. The molecule has 2 rings (SSSR count). The molecule has 0 heterocycles. The molecule has 0 atom stereocenters. The van der Waals surface area contributed by atoms with Gasteiger partial charge in [0.2, 0.25) is 0 Å². The Kier molecular flexibility index (Phi) is 5.39. The average Bonchev–Trinajstić information content (AvgIpc) is 2.46. The van der Waals surface area contributed by atoms with E-state index in [1.165, 1.54) is 47.1 Å². The van der Waals surface area contributed by atoms with E-state index in [9.17, 15) is 4.79 Å². The highest BCUT2D eigenvalue weighted by molar-refractivity contribution is 5.57. The lowest BCUT2D eigenvalue weighted by Crippen LogP contribution is -2.18. The van der Waals surface area contributed by atoms with Crippen LogP contribution < -0.4 is 0 Å². The van der Waals surface area contributed by atoms with Crippen LogP contribution in [0, 0.1) is 12.3 Å². The second-order valence-corrected chi connectivity index (χ2v) is 7.16. The predicted octanol–water partition coefficient (Wildman–Crippen LogP) is 5.67. The molecule has 1 aliphatic carbocycles. The standard InChI is InChI=1S/C21H28O/c1-16-9-10-18(15-19(16)8-6-14-22)11-12-20-17(2)7-5-13-21(20,3)4/h9-12,14-15H,5-8,13H2,1-4H3. The molecule has 1 aromatic carbocycles. The summed E-state index contributed by atoms with van der Waals surface area (Å²) in [4.78, 5) is 10.6. The van der Waals surface area contributed by atoms with Gasteiger partial charge in [-0.15, -0.1) is 0 Å². The lowest BCUT2D eigenvalue weighted by atomic mass is 9.72. The molecule has 1 aromatic rings. The Hall–Kier alpha value is -1.63. The van der Waals surface area contributed by atoms with Crippen molar-refractivity contribution in [2.75, 3.05) is 0 Å². The number of aldehydes is 1. The molecule has 0 amide bonds. The Morgan fingerprint density at radius 1 is 1.18 bits per heavy atom. The lowest BCUT2D eigenvalue weighted by Gasteiger charge is -2.32. The van der Waals surface area contributed by atoms with E-state index in [1.807, 2.05) is 0 Å². The zero-order valence-electron chi connectivity index (χ0n) is 14.4. The van der Waals surface area contributed by atoms with Crippen molar-refractivity contribution in [1.29, 1.82) is 0 Å². The van der Waals surface area contributed by atoms with Gasteiger partial charge in [0.15, 0.2) is 0 Å². The maximum atomic E-state index is 10.6. The Labute approximate surface area is 135 Å². The summed E-state index contributed by atoms with van der Waals surface area (Å²) in [6.07, 6.45) is 10.8. The van der Waals surface area contributed by atoms with E-state index >= 15 is 0 Å². The van der Waals surface area contributed by atoms with Gasteiger partial charge in [0.25, 0.3) is 0 Å². The molecule has 1 nitrogen and oxygen atoms in total. The van der Waals surface area contributed by atoms with Crippen LogP contribution in [0.3, 0.4) is 0 Å². The van der Waals surface area contributed by atoms with Gasteiger partial charge in [0, 0.05) is 6.42 Å². The van der Waals surface area contributed by atoms with E-state index in [0.29, 0.717) is 6.42 Å². The third kappa shape index (κ3) is 3.97. The van der Waals surface area contributed by atoms with Gasteiger partial charge in [-0.3, -0.25) is 0 Å². The van der Waals surface area contributed by atoms with E-state index in [4.69, 9.17) is 0 Å². The highest BCUT2D eigenvalue weighted by Crippen LogP contribution is 2.40. The molecule has 0 unspecified atom stereocenters. The van der Waals surface area contributed by atoms with Gasteiger partial charge >= 0.3 is 0 Å². The fourth-order valence-corrected chi connectivity index (χ4v) is 3.47. The fraction of sp³-hybridized carbons (Fsp3) is 0.476. The zero-order valence-corrected chi connectivity index (χ0v) is 14.4. The summed E-state index contributed by atoms with van der Waals surface area (Å²) in [5, 5.41) is 0. The molecule has 0 fully saturated rings. The first-order valence-corrected chi connectivity index (χ1v) is 8.35. The Morgan fingerprint density at radius 2 is 1.95 bits per heavy atom. The smallest absolute Gasteiger partial charge is 0.120 e. The van der Waals surface area contributed by atoms with Crippen LogP contribution in [-0.2, 0) is 11.2 Å². The van der Waals surface area contributed by atoms with E-state index in [1.54, 1.807) is 0 Å². The number of hydrogen-bond acceptors (Lipinski definition) is 1. The van der Waals surface area contributed by atoms with Crippen molar-refractivity contribution >= 4 is 12.4 Å². The van der Waals surface area contributed by atoms with Crippen LogP contribution in [0.4, 0.5) is 0 Å². The molecule has 22 heavy (non-hydrogen) atoms. The molecule has 0 saturated carbocycles. The number of carbonyl (C=O) groups is 1. The molecule has 0 N–H and O–H groups in total. The van der Waals surface area contributed by atoms with Crippen molar-refractivity contribution in [2.24, 2.45) is 5.41 Å². The number of rotatable bonds is 5. The van der Waals surface area contributed by atoms with Gasteiger partial charge in [-0.05, 0) is 67.2 Å². The minimum absolute atomic E-state index is 0.282. The van der Waals surface area contributed by atoms with Gasteiger partial charge in [-0.2, -0.15) is 0 Å². The van der Waals surface area contributed by atoms with Gasteiger partial charge in [0.05, 0.1) is 0 Å². The second kappa shape index (κ2) is 7.09. The van der Waals surface area contributed by atoms with Gasteiger partial charge < -0.3 is 4.79 Å². The summed E-state index contributed by atoms with van der Waals surface area (Å²) in [5.41, 5.74) is 7.09. The molecule has 1 heteroatoms. The third-order valence-corrected chi connectivity index (χ3v) is 4.89. The second-order valence-electron chi connectivity index (χ2n) is 7.16. The highest BCUT2D eigenvalue weighted by Gasteiger charge is 2.26. The monoisotopic (exact) mass is 296 g/mol. The van der Waals surface area contributed by atoms with Crippen molar-refractivity contribution in [3.63, 3.8) is 0 Å². The van der Waals surface area contributed by atoms with Crippen LogP contribution >= 0.6 is 0 Å². The van der Waals surface area contributed by atoms with E-state index in [2.05, 4.69) is 58.0 Å². The van der Waals surface area contributed by atoms with Crippen molar-refractivity contribution in [3.8, 4) is 0 Å². The SMILES string of the molecule is CC1=C(C=Cc2ccc(C)c(CCC=O)c2)C(C)(C)CCC1. The predicted molar refractivity (Wildman–Crippen MR) is 94.9 cm³/mol. The maximum Gasteiger partial charge on any atom is 0.120 e. The van der Waals surface area contributed by atoms with Crippen LogP contribution in [0.1, 0.15) is 63.1 Å². The van der Waals surface area contributed by atoms with Crippen molar-refractivity contribution in [1.82, 2.24) is 0 Å². The quantitative estimate of drug-likeness (QED) is 0.640. The number of benzene rings is 1. The maximum absolute atomic E-state index is 10.6. The van der Waals surface area contributed by atoms with Crippen molar-refractivity contribution < 1.29 is 4.79 Å². The Balaban J connectivity index is 2.24. The summed E-state index contributed by atoms with van der Waals surface area (Å²) >= 11 is 0. The summed E-state index contributed by atoms with van der Waals surface area (Å²) in [6, 6.07) is 6.55. The summed E-state index contributed by atoms with van der Waals surface area (Å²) < 4.78 is 0. The summed E-state index contributed by atoms with van der Waals surface area (Å²) in [7, 11) is 0. The zero-order chi connectivity index (χ0) is 16.2. The topological polar surface area (TPSA) is 17.1 Å². The molecule has 0 aromatic heterocycles. The summed E-state index contributed by atoms with van der Waals surface area (Å²) in [6.45, 7) is 9.08. The molecule has 0 bridgehead atoms. The molecule has 1 aliphatic rings. The van der Waals surface area contributed by atoms with E-state index in [-0.39, 0.29) is 5.41 Å². The van der Waals surface area contributed by atoms with Crippen LogP contribution in [0.25, 0.3) is 6.08 Å². The van der Waals surface area contributed by atoms with Gasteiger partial charge in [-0.25, -0.2) is 0 Å². The van der Waals surface area contributed by atoms with E-state index in [0.717, 1.165) is 12.7 Å². The summed E-state index contributed by atoms with van der Waals surface area (Å²) in [5.74, 6) is 0. The van der Waals surface area contributed by atoms with Gasteiger partial charge in [0.1, 0.15) is 6.29 Å². The minimum Gasteiger partial charge on any atom is -0.303 e. The largest absolute Gasteiger partial charge is 0.303 e. The van der Waals surface area contributed by atoms with E-state index < -0.39 is 0 Å². The third-order valence-electron chi connectivity index (χ3n) is 4.89. The fourth-order valence-electron chi connectivity index (χ4n) is 3.47. The van der Waals surface area contributed by atoms with Crippen LogP contribution in [-0.4, -0.2) is 6.29 Å². The molecule has 0 aliphatic heterocycles. The first-order valence-electron chi connectivity index (χ1n) is 8.35. The number of hydrogen-bond donors (Lipinski definition) is 0.